The lowest BCUT2D eigenvalue weighted by molar-refractivity contribution is -0.124. The van der Waals surface area contributed by atoms with Crippen LogP contribution in [0.25, 0.3) is 22.0 Å². The van der Waals surface area contributed by atoms with Gasteiger partial charge in [0.15, 0.2) is 0 Å². The van der Waals surface area contributed by atoms with E-state index in [2.05, 4.69) is 21.5 Å². The molecular formula is C34H33FN6O4. The van der Waals surface area contributed by atoms with Crippen molar-refractivity contribution in [3.05, 3.63) is 112 Å². The number of aromatic nitrogens is 3. The number of nitrogens with zero attached hydrogens (tertiary/aromatic N) is 5. The molecule has 2 aromatic carbocycles. The molecule has 230 valence electrons. The first-order valence-electron chi connectivity index (χ1n) is 14.8. The van der Waals surface area contributed by atoms with Crippen LogP contribution in [0.5, 0.6) is 0 Å². The van der Waals surface area contributed by atoms with Gasteiger partial charge in [0.2, 0.25) is 0 Å². The van der Waals surface area contributed by atoms with Gasteiger partial charge in [0.05, 0.1) is 36.0 Å². The van der Waals surface area contributed by atoms with Crippen LogP contribution in [-0.2, 0) is 16.0 Å². The normalized spacial score (nSPS) is 15.2. The van der Waals surface area contributed by atoms with Gasteiger partial charge in [-0.15, -0.1) is 0 Å². The number of morpholine rings is 1. The second-order valence-electron chi connectivity index (χ2n) is 11.1. The highest BCUT2D eigenvalue weighted by Gasteiger charge is 2.22. The summed E-state index contributed by atoms with van der Waals surface area (Å²) >= 11 is 0. The molecule has 0 atom stereocenters. The molecule has 0 radical (unpaired) electrons. The number of pyridine rings is 1. The number of hydrogen-bond acceptors (Lipinski definition) is 7. The number of ether oxygens (including phenoxy) is 1. The van der Waals surface area contributed by atoms with Gasteiger partial charge >= 0.3 is 0 Å². The molecule has 2 aliphatic rings. The average Bonchev–Trinajstić information content (AvgIpc) is 3.27. The Morgan fingerprint density at radius 3 is 2.60 bits per heavy atom. The molecule has 1 saturated heterocycles. The van der Waals surface area contributed by atoms with Crippen molar-refractivity contribution in [1.82, 2.24) is 24.6 Å². The average molecular weight is 609 g/mol. The fourth-order valence-corrected chi connectivity index (χ4v) is 5.64. The fraction of sp³-hybridized carbons (Fsp3) is 0.265. The number of likely N-dealkylation sites (N-methyl/N-ethyl adjacent to an activating group) is 1. The van der Waals surface area contributed by atoms with E-state index in [1.54, 1.807) is 55.4 Å². The molecule has 6 rings (SSSR count). The first-order valence-corrected chi connectivity index (χ1v) is 14.8. The molecule has 10 nitrogen and oxygen atoms in total. The van der Waals surface area contributed by atoms with Gasteiger partial charge in [-0.05, 0) is 66.3 Å². The van der Waals surface area contributed by atoms with Gasteiger partial charge in [0, 0.05) is 38.8 Å². The minimum absolute atomic E-state index is 0.0115. The lowest BCUT2D eigenvalue weighted by Crippen LogP contribution is -2.40. The first-order chi connectivity index (χ1) is 21.8. The number of anilines is 1. The van der Waals surface area contributed by atoms with Crippen LogP contribution in [0.3, 0.4) is 0 Å². The summed E-state index contributed by atoms with van der Waals surface area (Å²) in [5, 5.41) is 7.96. The Bertz CT molecular complexity index is 1890. The highest BCUT2D eigenvalue weighted by Crippen LogP contribution is 2.31. The van der Waals surface area contributed by atoms with Gasteiger partial charge < -0.3 is 19.9 Å². The molecule has 4 aromatic rings. The molecule has 3 heterocycles. The van der Waals surface area contributed by atoms with Crippen molar-refractivity contribution in [1.29, 1.82) is 0 Å². The van der Waals surface area contributed by atoms with E-state index in [-0.39, 0.29) is 22.9 Å². The van der Waals surface area contributed by atoms with Crippen LogP contribution in [0, 0.1) is 5.82 Å². The number of halogens is 1. The fourth-order valence-electron chi connectivity index (χ4n) is 5.64. The maximum absolute atomic E-state index is 14.7. The van der Waals surface area contributed by atoms with Crippen molar-refractivity contribution in [2.24, 2.45) is 0 Å². The predicted octanol–water partition coefficient (Wildman–Crippen LogP) is 4.20. The summed E-state index contributed by atoms with van der Waals surface area (Å²) in [7, 11) is 3.33. The van der Waals surface area contributed by atoms with E-state index in [9.17, 15) is 18.8 Å². The molecule has 2 amide bonds. The van der Waals surface area contributed by atoms with E-state index in [1.807, 2.05) is 12.1 Å². The van der Waals surface area contributed by atoms with Gasteiger partial charge in [0.1, 0.15) is 17.3 Å². The molecule has 1 aliphatic heterocycles. The van der Waals surface area contributed by atoms with E-state index in [1.165, 1.54) is 28.0 Å². The summed E-state index contributed by atoms with van der Waals surface area (Å²) in [4.78, 5) is 47.3. The van der Waals surface area contributed by atoms with Crippen LogP contribution >= 0.6 is 0 Å². The first kappa shape index (κ1) is 29.9. The SMILES string of the molecule is CN(C)C(=O)/C(=C\C1=CCCCc2c1cccc2-n1ncc2cccc(F)c2c1=O)Nc1ccc(C(=O)N2CCOCC2)cn1. The molecule has 1 aliphatic carbocycles. The van der Waals surface area contributed by atoms with Crippen molar-refractivity contribution in [2.75, 3.05) is 45.7 Å². The van der Waals surface area contributed by atoms with Gasteiger partial charge in [-0.3, -0.25) is 14.4 Å². The van der Waals surface area contributed by atoms with Gasteiger partial charge in [-0.1, -0.05) is 30.3 Å². The number of allylic oxidation sites excluding steroid dienone is 3. The highest BCUT2D eigenvalue weighted by atomic mass is 19.1. The summed E-state index contributed by atoms with van der Waals surface area (Å²) in [6, 6.07) is 13.4. The van der Waals surface area contributed by atoms with E-state index >= 15 is 0 Å². The van der Waals surface area contributed by atoms with E-state index in [0.717, 1.165) is 29.5 Å². The largest absolute Gasteiger partial charge is 0.378 e. The number of nitrogens with one attached hydrogen (secondary N) is 1. The van der Waals surface area contributed by atoms with Crippen LogP contribution in [0.4, 0.5) is 10.2 Å². The third-order valence-corrected chi connectivity index (χ3v) is 7.96. The van der Waals surface area contributed by atoms with Gasteiger partial charge in [0.25, 0.3) is 17.4 Å². The molecular weight excluding hydrogens is 575 g/mol. The molecule has 45 heavy (non-hydrogen) atoms. The zero-order valence-corrected chi connectivity index (χ0v) is 25.1. The third kappa shape index (κ3) is 6.12. The van der Waals surface area contributed by atoms with Crippen LogP contribution < -0.4 is 10.9 Å². The Kier molecular flexibility index (Phi) is 8.52. The molecule has 1 fully saturated rings. The number of carbonyl (C=O) groups is 2. The topological polar surface area (TPSA) is 110 Å². The van der Waals surface area contributed by atoms with Crippen LogP contribution in [-0.4, -0.2) is 76.8 Å². The van der Waals surface area contributed by atoms with Crippen molar-refractivity contribution in [3.63, 3.8) is 0 Å². The maximum atomic E-state index is 14.7. The Hall–Kier alpha value is -5.16. The Morgan fingerprint density at radius 1 is 1.04 bits per heavy atom. The van der Waals surface area contributed by atoms with Crippen LogP contribution in [0.2, 0.25) is 0 Å². The number of carbonyl (C=O) groups excluding carboxylic acids is 2. The maximum Gasteiger partial charge on any atom is 0.282 e. The van der Waals surface area contributed by atoms with E-state index in [0.29, 0.717) is 55.2 Å². The highest BCUT2D eigenvalue weighted by molar-refractivity contribution is 5.99. The molecule has 0 unspecified atom stereocenters. The lowest BCUT2D eigenvalue weighted by atomic mass is 9.96. The van der Waals surface area contributed by atoms with Crippen molar-refractivity contribution in [3.8, 4) is 5.69 Å². The Balaban J connectivity index is 1.35. The number of hydrogen-bond donors (Lipinski definition) is 1. The van der Waals surface area contributed by atoms with Crippen LogP contribution in [0.15, 0.2) is 83.6 Å². The molecule has 0 saturated carbocycles. The molecule has 1 N–H and O–H groups in total. The molecule has 0 spiro atoms. The summed E-state index contributed by atoms with van der Waals surface area (Å²) in [6.07, 6.45) is 9.05. The summed E-state index contributed by atoms with van der Waals surface area (Å²) in [5.41, 5.74) is 3.29. The third-order valence-electron chi connectivity index (χ3n) is 7.96. The monoisotopic (exact) mass is 608 g/mol. The number of rotatable bonds is 6. The minimum Gasteiger partial charge on any atom is -0.378 e. The second-order valence-corrected chi connectivity index (χ2v) is 11.1. The second kappa shape index (κ2) is 12.8. The summed E-state index contributed by atoms with van der Waals surface area (Å²) in [6.45, 7) is 2.08. The lowest BCUT2D eigenvalue weighted by Gasteiger charge is -2.26. The van der Waals surface area contributed by atoms with Crippen LogP contribution in [0.1, 0.15) is 34.3 Å². The Morgan fingerprint density at radius 2 is 1.84 bits per heavy atom. The van der Waals surface area contributed by atoms with Crippen molar-refractivity contribution >= 4 is 34.0 Å². The van der Waals surface area contributed by atoms with Crippen molar-refractivity contribution in [2.45, 2.75) is 19.3 Å². The minimum atomic E-state index is -0.593. The summed E-state index contributed by atoms with van der Waals surface area (Å²) < 4.78 is 21.3. The molecule has 11 heteroatoms. The number of fused-ring (bicyclic) bond motifs is 2. The number of amides is 2. The van der Waals surface area contributed by atoms with Crippen molar-refractivity contribution < 1.29 is 18.7 Å². The number of benzene rings is 2. The van der Waals surface area contributed by atoms with Gasteiger partial charge in [-0.2, -0.15) is 9.78 Å². The smallest absolute Gasteiger partial charge is 0.282 e. The molecule has 0 bridgehead atoms. The zero-order chi connectivity index (χ0) is 31.5. The molecule has 2 aromatic heterocycles. The summed E-state index contributed by atoms with van der Waals surface area (Å²) in [5.74, 6) is -0.566. The Labute approximate surface area is 259 Å². The zero-order valence-electron chi connectivity index (χ0n) is 25.1. The van der Waals surface area contributed by atoms with E-state index in [4.69, 9.17) is 4.74 Å². The van der Waals surface area contributed by atoms with Gasteiger partial charge in [-0.25, -0.2) is 9.37 Å². The standard InChI is InChI=1S/C34H33FN6O4/c1-39(2)33(43)28(38-30-14-13-24(20-36-30)32(42)40-15-17-45-18-16-40)19-22-7-3-4-9-26-25(22)10-6-12-29(26)41-34(44)31-23(21-37-41)8-5-11-27(31)35/h5-8,10-14,19-21H,3-4,9,15-18H2,1-2H3,(H,36,38)/b28-19+. The van der Waals surface area contributed by atoms with E-state index < -0.39 is 11.4 Å². The predicted molar refractivity (Wildman–Crippen MR) is 170 cm³/mol. The quantitative estimate of drug-likeness (QED) is 0.327.